The first kappa shape index (κ1) is 13.4. The van der Waals surface area contributed by atoms with E-state index in [9.17, 15) is 14.7 Å². The molecule has 0 aromatic heterocycles. The maximum Gasteiger partial charge on any atom is 0.330 e. The van der Waals surface area contributed by atoms with E-state index >= 15 is 0 Å². The number of hydrogen-bond acceptors (Lipinski definition) is 2. The van der Waals surface area contributed by atoms with Crippen molar-refractivity contribution in [2.45, 2.75) is 31.8 Å². The number of aliphatic carboxylic acids is 1. The number of nitrogens with one attached hydrogen (secondary N) is 1. The van der Waals surface area contributed by atoms with Crippen molar-refractivity contribution in [3.05, 3.63) is 35.9 Å². The van der Waals surface area contributed by atoms with Crippen LogP contribution in [0.2, 0.25) is 0 Å². The van der Waals surface area contributed by atoms with Crippen LogP contribution in [0.5, 0.6) is 0 Å². The van der Waals surface area contributed by atoms with Crippen molar-refractivity contribution >= 4 is 12.0 Å². The van der Waals surface area contributed by atoms with Crippen molar-refractivity contribution in [3.63, 3.8) is 0 Å². The Kier molecular flexibility index (Phi) is 4.04. The molecule has 1 aliphatic carbocycles. The molecule has 0 aliphatic heterocycles. The summed E-state index contributed by atoms with van der Waals surface area (Å²) in [7, 11) is 0. The van der Waals surface area contributed by atoms with Gasteiger partial charge in [0.2, 0.25) is 0 Å². The van der Waals surface area contributed by atoms with E-state index in [-0.39, 0.29) is 12.1 Å². The first-order chi connectivity index (χ1) is 9.13. The van der Waals surface area contributed by atoms with E-state index in [1.165, 1.54) is 0 Å². The lowest BCUT2D eigenvalue weighted by Crippen LogP contribution is -2.44. The van der Waals surface area contributed by atoms with Gasteiger partial charge in [-0.1, -0.05) is 30.3 Å². The Bertz CT molecular complexity index is 457. The van der Waals surface area contributed by atoms with Crippen molar-refractivity contribution in [2.24, 2.45) is 0 Å². The average Bonchev–Trinajstić information content (AvgIpc) is 3.22. The molecule has 1 fully saturated rings. The van der Waals surface area contributed by atoms with Crippen LogP contribution in [0, 0.1) is 0 Å². The van der Waals surface area contributed by atoms with E-state index in [1.807, 2.05) is 13.0 Å². The van der Waals surface area contributed by atoms with Gasteiger partial charge in [-0.15, -0.1) is 0 Å². The second-order valence-electron chi connectivity index (χ2n) is 4.65. The molecular formula is C14H18N2O3. The molecule has 0 bridgehead atoms. The minimum atomic E-state index is -1.05. The standard InChI is InChI=1S/C14H18N2O3/c1-2-16(11-8-9-11)14(19)15-12(13(17)18)10-6-4-3-5-7-10/h3-7,11-12H,2,8-9H2,1H3,(H,15,19)(H,17,18). The fourth-order valence-corrected chi connectivity index (χ4v) is 2.09. The molecule has 2 amide bonds. The van der Waals surface area contributed by atoms with Crippen molar-refractivity contribution in [3.8, 4) is 0 Å². The Labute approximate surface area is 112 Å². The van der Waals surface area contributed by atoms with E-state index in [2.05, 4.69) is 5.32 Å². The molecule has 0 saturated heterocycles. The fraction of sp³-hybridized carbons (Fsp3) is 0.429. The molecule has 1 aromatic carbocycles. The van der Waals surface area contributed by atoms with Crippen molar-refractivity contribution in [1.29, 1.82) is 0 Å². The topological polar surface area (TPSA) is 69.6 Å². The fourth-order valence-electron chi connectivity index (χ4n) is 2.09. The number of benzene rings is 1. The minimum Gasteiger partial charge on any atom is -0.479 e. The van der Waals surface area contributed by atoms with Crippen LogP contribution in [0.25, 0.3) is 0 Å². The molecule has 0 spiro atoms. The van der Waals surface area contributed by atoms with Crippen LogP contribution in [-0.4, -0.2) is 34.6 Å². The number of nitrogens with zero attached hydrogens (tertiary/aromatic N) is 1. The predicted octanol–water partition coefficient (Wildman–Crippen LogP) is 2.01. The third-order valence-electron chi connectivity index (χ3n) is 3.24. The number of hydrogen-bond donors (Lipinski definition) is 2. The molecule has 1 atom stereocenters. The van der Waals surface area contributed by atoms with E-state index in [4.69, 9.17) is 0 Å². The summed E-state index contributed by atoms with van der Waals surface area (Å²) in [4.78, 5) is 25.1. The van der Waals surface area contributed by atoms with Crippen LogP contribution in [0.3, 0.4) is 0 Å². The van der Waals surface area contributed by atoms with Gasteiger partial charge in [-0.2, -0.15) is 0 Å². The second-order valence-corrected chi connectivity index (χ2v) is 4.65. The highest BCUT2D eigenvalue weighted by molar-refractivity contribution is 5.84. The minimum absolute atomic E-state index is 0.273. The summed E-state index contributed by atoms with van der Waals surface area (Å²) in [5.74, 6) is -1.05. The molecule has 102 valence electrons. The number of carboxylic acid groups (broad SMARTS) is 1. The molecule has 2 N–H and O–H groups in total. The van der Waals surface area contributed by atoms with Crippen molar-refractivity contribution < 1.29 is 14.7 Å². The summed E-state index contributed by atoms with van der Waals surface area (Å²) in [6.07, 6.45) is 2.01. The van der Waals surface area contributed by atoms with Gasteiger partial charge in [-0.25, -0.2) is 9.59 Å². The molecule has 19 heavy (non-hydrogen) atoms. The summed E-state index contributed by atoms with van der Waals surface area (Å²) in [6.45, 7) is 2.49. The van der Waals surface area contributed by atoms with Crippen LogP contribution in [0.15, 0.2) is 30.3 Å². The third kappa shape index (κ3) is 3.24. The highest BCUT2D eigenvalue weighted by Crippen LogP contribution is 2.27. The molecule has 2 rings (SSSR count). The smallest absolute Gasteiger partial charge is 0.330 e. The Morgan fingerprint density at radius 3 is 2.47 bits per heavy atom. The second kappa shape index (κ2) is 5.73. The number of carbonyl (C=O) groups is 2. The summed E-state index contributed by atoms with van der Waals surface area (Å²) >= 11 is 0. The monoisotopic (exact) mass is 262 g/mol. The van der Waals surface area contributed by atoms with Gasteiger partial charge in [0.05, 0.1) is 0 Å². The average molecular weight is 262 g/mol. The first-order valence-corrected chi connectivity index (χ1v) is 6.48. The summed E-state index contributed by atoms with van der Waals surface area (Å²) in [5.41, 5.74) is 0.579. The highest BCUT2D eigenvalue weighted by Gasteiger charge is 2.33. The molecular weight excluding hydrogens is 244 g/mol. The maximum absolute atomic E-state index is 12.1. The van der Waals surface area contributed by atoms with Gasteiger partial charge in [-0.05, 0) is 25.3 Å². The van der Waals surface area contributed by atoms with E-state index in [1.54, 1.807) is 29.2 Å². The van der Waals surface area contributed by atoms with Crippen LogP contribution in [0.4, 0.5) is 4.79 Å². The SMILES string of the molecule is CCN(C(=O)NC(C(=O)O)c1ccccc1)C1CC1. The zero-order valence-electron chi connectivity index (χ0n) is 10.9. The Hall–Kier alpha value is -2.04. The van der Waals surface area contributed by atoms with Crippen molar-refractivity contribution in [1.82, 2.24) is 10.2 Å². The third-order valence-corrected chi connectivity index (χ3v) is 3.24. The van der Waals surface area contributed by atoms with Gasteiger partial charge in [0.15, 0.2) is 6.04 Å². The van der Waals surface area contributed by atoms with Crippen LogP contribution < -0.4 is 5.32 Å². The molecule has 5 heteroatoms. The Balaban J connectivity index is 2.08. The van der Waals surface area contributed by atoms with Crippen LogP contribution >= 0.6 is 0 Å². The van der Waals surface area contributed by atoms with Gasteiger partial charge in [0, 0.05) is 12.6 Å². The lowest BCUT2D eigenvalue weighted by molar-refractivity contribution is -0.139. The number of carbonyl (C=O) groups excluding carboxylic acids is 1. The van der Waals surface area contributed by atoms with Gasteiger partial charge in [0.1, 0.15) is 0 Å². The number of urea groups is 1. The van der Waals surface area contributed by atoms with E-state index in [0.29, 0.717) is 12.1 Å². The predicted molar refractivity (Wildman–Crippen MR) is 70.8 cm³/mol. The quantitative estimate of drug-likeness (QED) is 0.852. The normalized spacial score (nSPS) is 15.6. The van der Waals surface area contributed by atoms with Gasteiger partial charge in [-0.3, -0.25) is 0 Å². The highest BCUT2D eigenvalue weighted by atomic mass is 16.4. The van der Waals surface area contributed by atoms with Crippen molar-refractivity contribution in [2.75, 3.05) is 6.54 Å². The zero-order chi connectivity index (χ0) is 13.8. The maximum atomic E-state index is 12.1. The summed E-state index contributed by atoms with van der Waals surface area (Å²) < 4.78 is 0. The number of carboxylic acids is 1. The number of rotatable bonds is 5. The molecule has 1 aliphatic rings. The molecule has 5 nitrogen and oxygen atoms in total. The summed E-state index contributed by atoms with van der Waals surface area (Å²) in [5, 5.41) is 11.8. The first-order valence-electron chi connectivity index (χ1n) is 6.48. The molecule has 1 unspecified atom stereocenters. The van der Waals surface area contributed by atoms with E-state index < -0.39 is 12.0 Å². The van der Waals surface area contributed by atoms with Gasteiger partial charge >= 0.3 is 12.0 Å². The lowest BCUT2D eigenvalue weighted by atomic mass is 10.1. The molecule has 0 radical (unpaired) electrons. The molecule has 1 aromatic rings. The largest absolute Gasteiger partial charge is 0.479 e. The summed E-state index contributed by atoms with van der Waals surface area (Å²) in [6, 6.07) is 7.70. The lowest BCUT2D eigenvalue weighted by Gasteiger charge is -2.23. The van der Waals surface area contributed by atoms with Crippen LogP contribution in [0.1, 0.15) is 31.4 Å². The van der Waals surface area contributed by atoms with Gasteiger partial charge in [0.25, 0.3) is 0 Å². The molecule has 1 saturated carbocycles. The van der Waals surface area contributed by atoms with Gasteiger partial charge < -0.3 is 15.3 Å². The van der Waals surface area contributed by atoms with Crippen LogP contribution in [-0.2, 0) is 4.79 Å². The van der Waals surface area contributed by atoms with E-state index in [0.717, 1.165) is 12.8 Å². The number of amides is 2. The Morgan fingerprint density at radius 2 is 2.00 bits per heavy atom. The molecule has 0 heterocycles. The zero-order valence-corrected chi connectivity index (χ0v) is 10.9. The Morgan fingerprint density at radius 1 is 1.37 bits per heavy atom.